The zero-order chi connectivity index (χ0) is 23.2. The number of nitrogens with one attached hydrogen (secondary N) is 1. The SMILES string of the molecule is COc1ccc(NC(=O)CCCCCN2C(=O)/C(=C/c3ccc4c(c3)OCO4)SC2=S)cc1. The fourth-order valence-corrected chi connectivity index (χ4v) is 4.79. The van der Waals surface area contributed by atoms with Gasteiger partial charge in [0.1, 0.15) is 10.1 Å². The average Bonchev–Trinajstić information content (AvgIpc) is 3.38. The number of methoxy groups -OCH3 is 1. The Hall–Kier alpha value is -3.04. The van der Waals surface area contributed by atoms with Gasteiger partial charge in [0.15, 0.2) is 11.5 Å². The van der Waals surface area contributed by atoms with Crippen LogP contribution in [0.1, 0.15) is 31.2 Å². The highest BCUT2D eigenvalue weighted by atomic mass is 32.2. The molecule has 0 unspecified atom stereocenters. The standard InChI is InChI=1S/C24H24N2O5S2/c1-29-18-9-7-17(8-10-18)25-22(27)5-3-2-4-12-26-23(28)21(33-24(26)32)14-16-6-11-19-20(13-16)31-15-30-19/h6-11,13-14H,2-5,12,15H2,1H3,(H,25,27)/b21-14-. The summed E-state index contributed by atoms with van der Waals surface area (Å²) in [6.45, 7) is 0.757. The van der Waals surface area contributed by atoms with Crippen molar-refractivity contribution in [1.82, 2.24) is 4.90 Å². The van der Waals surface area contributed by atoms with Crippen molar-refractivity contribution in [3.63, 3.8) is 0 Å². The Morgan fingerprint density at radius 1 is 1.15 bits per heavy atom. The van der Waals surface area contributed by atoms with Crippen LogP contribution in [-0.2, 0) is 9.59 Å². The summed E-state index contributed by atoms with van der Waals surface area (Å²) in [7, 11) is 1.60. The molecule has 0 atom stereocenters. The zero-order valence-corrected chi connectivity index (χ0v) is 19.8. The van der Waals surface area contributed by atoms with E-state index in [1.807, 2.05) is 36.4 Å². The van der Waals surface area contributed by atoms with Crippen LogP contribution in [0, 0.1) is 0 Å². The van der Waals surface area contributed by atoms with Gasteiger partial charge in [-0.2, -0.15) is 0 Å². The molecule has 1 saturated heterocycles. The van der Waals surface area contributed by atoms with Gasteiger partial charge >= 0.3 is 0 Å². The summed E-state index contributed by atoms with van der Waals surface area (Å²) in [5, 5.41) is 2.88. The minimum atomic E-state index is -0.0834. The average molecular weight is 485 g/mol. The van der Waals surface area contributed by atoms with Crippen LogP contribution in [-0.4, -0.2) is 41.5 Å². The van der Waals surface area contributed by atoms with Gasteiger partial charge in [-0.1, -0.05) is 36.5 Å². The van der Waals surface area contributed by atoms with Crippen molar-refractivity contribution in [3.8, 4) is 17.2 Å². The molecule has 7 nitrogen and oxygen atoms in total. The summed E-state index contributed by atoms with van der Waals surface area (Å²) in [4.78, 5) is 27.1. The van der Waals surface area contributed by atoms with Gasteiger partial charge in [0.25, 0.3) is 5.91 Å². The molecule has 0 aliphatic carbocycles. The van der Waals surface area contributed by atoms with Crippen molar-refractivity contribution < 1.29 is 23.8 Å². The molecule has 1 fully saturated rings. The quantitative estimate of drug-likeness (QED) is 0.310. The molecule has 2 aliphatic rings. The molecule has 4 rings (SSSR count). The van der Waals surface area contributed by atoms with Gasteiger partial charge in [0, 0.05) is 18.7 Å². The van der Waals surface area contributed by atoms with E-state index in [1.54, 1.807) is 24.1 Å². The van der Waals surface area contributed by atoms with Crippen molar-refractivity contribution in [3.05, 3.63) is 52.9 Å². The van der Waals surface area contributed by atoms with E-state index >= 15 is 0 Å². The smallest absolute Gasteiger partial charge is 0.266 e. The molecular weight excluding hydrogens is 460 g/mol. The summed E-state index contributed by atoms with van der Waals surface area (Å²) in [6, 6.07) is 12.8. The molecule has 1 N–H and O–H groups in total. The minimum absolute atomic E-state index is 0.0302. The monoisotopic (exact) mass is 484 g/mol. The number of anilines is 1. The normalized spacial score (nSPS) is 15.9. The second kappa shape index (κ2) is 10.7. The number of nitrogens with zero attached hydrogens (tertiary/aromatic N) is 1. The van der Waals surface area contributed by atoms with Crippen molar-refractivity contribution in [1.29, 1.82) is 0 Å². The lowest BCUT2D eigenvalue weighted by molar-refractivity contribution is -0.122. The van der Waals surface area contributed by atoms with Gasteiger partial charge in [0.2, 0.25) is 12.7 Å². The van der Waals surface area contributed by atoms with Gasteiger partial charge in [-0.05, 0) is 60.9 Å². The van der Waals surface area contributed by atoms with Crippen LogP contribution >= 0.6 is 24.0 Å². The Kier molecular flexibility index (Phi) is 7.51. The Morgan fingerprint density at radius 3 is 2.73 bits per heavy atom. The first-order valence-electron chi connectivity index (χ1n) is 10.6. The van der Waals surface area contributed by atoms with Crippen LogP contribution in [0.3, 0.4) is 0 Å². The Bertz CT molecular complexity index is 1080. The number of rotatable bonds is 9. The van der Waals surface area contributed by atoms with E-state index in [4.69, 9.17) is 26.4 Å². The molecule has 9 heteroatoms. The molecule has 2 aromatic carbocycles. The third-order valence-corrected chi connectivity index (χ3v) is 6.61. The van der Waals surface area contributed by atoms with E-state index in [-0.39, 0.29) is 18.6 Å². The predicted octanol–water partition coefficient (Wildman–Crippen LogP) is 4.82. The van der Waals surface area contributed by atoms with Crippen LogP contribution in [0.5, 0.6) is 17.2 Å². The van der Waals surface area contributed by atoms with Crippen molar-refractivity contribution >= 4 is 51.9 Å². The van der Waals surface area contributed by atoms with E-state index in [1.165, 1.54) is 11.8 Å². The van der Waals surface area contributed by atoms with Gasteiger partial charge in [0.05, 0.1) is 12.0 Å². The third kappa shape index (κ3) is 5.85. The van der Waals surface area contributed by atoms with Gasteiger partial charge in [-0.3, -0.25) is 14.5 Å². The van der Waals surface area contributed by atoms with E-state index in [0.717, 1.165) is 36.3 Å². The van der Waals surface area contributed by atoms with E-state index in [2.05, 4.69) is 5.32 Å². The number of fused-ring (bicyclic) bond motifs is 1. The number of carbonyl (C=O) groups excluding carboxylic acids is 2. The maximum Gasteiger partial charge on any atom is 0.266 e. The fraction of sp³-hybridized carbons (Fsp3) is 0.292. The van der Waals surface area contributed by atoms with Crippen LogP contribution in [0.25, 0.3) is 6.08 Å². The first-order chi connectivity index (χ1) is 16.0. The molecule has 0 spiro atoms. The van der Waals surface area contributed by atoms with Gasteiger partial charge in [-0.25, -0.2) is 0 Å². The van der Waals surface area contributed by atoms with Gasteiger partial charge in [-0.15, -0.1) is 0 Å². The third-order valence-electron chi connectivity index (χ3n) is 5.23. The summed E-state index contributed by atoms with van der Waals surface area (Å²) in [5.74, 6) is 2.01. The van der Waals surface area contributed by atoms with Crippen LogP contribution < -0.4 is 19.5 Å². The second-order valence-corrected chi connectivity index (χ2v) is 9.21. The lowest BCUT2D eigenvalue weighted by atomic mass is 10.1. The number of benzene rings is 2. The zero-order valence-electron chi connectivity index (χ0n) is 18.2. The molecular formula is C24H24N2O5S2. The first-order valence-corrected chi connectivity index (χ1v) is 11.8. The number of thiocarbonyl (C=S) groups is 1. The van der Waals surface area contributed by atoms with Crippen molar-refractivity contribution in [2.24, 2.45) is 0 Å². The van der Waals surface area contributed by atoms with Crippen LogP contribution in [0.15, 0.2) is 47.4 Å². The molecule has 2 aromatic rings. The lowest BCUT2D eigenvalue weighted by Crippen LogP contribution is -2.29. The Labute approximate surface area is 202 Å². The highest BCUT2D eigenvalue weighted by molar-refractivity contribution is 8.26. The molecule has 172 valence electrons. The Balaban J connectivity index is 1.20. The molecule has 0 bridgehead atoms. The highest BCUT2D eigenvalue weighted by Crippen LogP contribution is 2.36. The topological polar surface area (TPSA) is 77.1 Å². The Morgan fingerprint density at radius 2 is 1.94 bits per heavy atom. The molecule has 33 heavy (non-hydrogen) atoms. The molecule has 0 radical (unpaired) electrons. The largest absolute Gasteiger partial charge is 0.497 e. The highest BCUT2D eigenvalue weighted by Gasteiger charge is 2.31. The number of hydrogen-bond acceptors (Lipinski definition) is 7. The predicted molar refractivity (Wildman–Crippen MR) is 133 cm³/mol. The first kappa shape index (κ1) is 23.1. The number of hydrogen-bond donors (Lipinski definition) is 1. The maximum absolute atomic E-state index is 12.8. The van der Waals surface area contributed by atoms with E-state index < -0.39 is 0 Å². The summed E-state index contributed by atoms with van der Waals surface area (Å²) < 4.78 is 16.4. The number of thioether (sulfide) groups is 1. The van der Waals surface area contributed by atoms with Crippen LogP contribution in [0.4, 0.5) is 5.69 Å². The summed E-state index contributed by atoms with van der Waals surface area (Å²) in [6.07, 6.45) is 4.59. The molecule has 2 heterocycles. The molecule has 0 saturated carbocycles. The van der Waals surface area contributed by atoms with Crippen molar-refractivity contribution in [2.75, 3.05) is 25.8 Å². The maximum atomic E-state index is 12.8. The molecule has 0 aromatic heterocycles. The molecule has 2 aliphatic heterocycles. The second-order valence-electron chi connectivity index (χ2n) is 7.53. The van der Waals surface area contributed by atoms with E-state index in [9.17, 15) is 9.59 Å². The fourth-order valence-electron chi connectivity index (χ4n) is 3.48. The number of unbranched alkanes of at least 4 members (excludes halogenated alkanes) is 2. The summed E-state index contributed by atoms with van der Waals surface area (Å²) >= 11 is 6.72. The minimum Gasteiger partial charge on any atom is -0.497 e. The lowest BCUT2D eigenvalue weighted by Gasteiger charge is -2.14. The number of carbonyl (C=O) groups is 2. The summed E-state index contributed by atoms with van der Waals surface area (Å²) in [5.41, 5.74) is 1.61. The van der Waals surface area contributed by atoms with Crippen molar-refractivity contribution in [2.45, 2.75) is 25.7 Å². The molecule has 2 amide bonds. The van der Waals surface area contributed by atoms with E-state index in [0.29, 0.717) is 33.7 Å². The van der Waals surface area contributed by atoms with Crippen LogP contribution in [0.2, 0.25) is 0 Å². The van der Waals surface area contributed by atoms with Gasteiger partial charge < -0.3 is 19.5 Å². The number of amides is 2. The number of ether oxygens (including phenoxy) is 3.